The van der Waals surface area contributed by atoms with Gasteiger partial charge in [-0.2, -0.15) is 0 Å². The van der Waals surface area contributed by atoms with Gasteiger partial charge in [0, 0.05) is 30.8 Å². The molecule has 1 aliphatic rings. The highest BCUT2D eigenvalue weighted by Gasteiger charge is 2.22. The van der Waals surface area contributed by atoms with Gasteiger partial charge >= 0.3 is 6.09 Å². The van der Waals surface area contributed by atoms with Crippen molar-refractivity contribution in [1.82, 2.24) is 14.9 Å². The number of carbonyl (C=O) groups is 1. The number of para-hydroxylation sites is 1. The third kappa shape index (κ3) is 4.86. The van der Waals surface area contributed by atoms with Crippen LogP contribution in [0.25, 0.3) is 11.3 Å². The highest BCUT2D eigenvalue weighted by atomic mass is 16.5. The van der Waals surface area contributed by atoms with Gasteiger partial charge in [0.15, 0.2) is 0 Å². The zero-order valence-electron chi connectivity index (χ0n) is 16.6. The van der Waals surface area contributed by atoms with Crippen molar-refractivity contribution in [3.05, 3.63) is 72.6 Å². The number of likely N-dealkylation sites (tertiary alicyclic amines) is 1. The van der Waals surface area contributed by atoms with E-state index in [0.29, 0.717) is 19.7 Å². The Labute approximate surface area is 175 Å². The van der Waals surface area contributed by atoms with E-state index in [1.807, 2.05) is 60.7 Å². The van der Waals surface area contributed by atoms with Gasteiger partial charge in [-0.1, -0.05) is 42.5 Å². The number of hydrogen-bond acceptors (Lipinski definition) is 5. The van der Waals surface area contributed by atoms with Crippen molar-refractivity contribution < 1.29 is 14.6 Å². The van der Waals surface area contributed by atoms with E-state index in [1.165, 1.54) is 11.2 Å². The van der Waals surface area contributed by atoms with E-state index in [9.17, 15) is 4.79 Å². The van der Waals surface area contributed by atoms with Crippen LogP contribution >= 0.6 is 0 Å². The second kappa shape index (κ2) is 9.26. The summed E-state index contributed by atoms with van der Waals surface area (Å²) in [5.41, 5.74) is 2.78. The maximum Gasteiger partial charge on any atom is 0.407 e. The normalized spacial score (nSPS) is 14.3. The van der Waals surface area contributed by atoms with E-state index >= 15 is 0 Å². The number of hydrogen-bond donors (Lipinski definition) is 2. The van der Waals surface area contributed by atoms with Gasteiger partial charge in [0.05, 0.1) is 5.69 Å². The van der Waals surface area contributed by atoms with Crippen LogP contribution in [0.4, 0.5) is 10.6 Å². The number of piperidine rings is 1. The zero-order chi connectivity index (χ0) is 20.8. The minimum Gasteiger partial charge on any atom is -0.488 e. The van der Waals surface area contributed by atoms with E-state index in [4.69, 9.17) is 9.84 Å². The molecule has 2 heterocycles. The molecule has 3 aromatic rings. The first kappa shape index (κ1) is 19.7. The lowest BCUT2D eigenvalue weighted by Crippen LogP contribution is -2.41. The van der Waals surface area contributed by atoms with Gasteiger partial charge in [0.2, 0.25) is 0 Å². The van der Waals surface area contributed by atoms with Gasteiger partial charge in [-0.05, 0) is 30.5 Å². The molecule has 4 rings (SSSR count). The van der Waals surface area contributed by atoms with Crippen molar-refractivity contribution in [3.8, 4) is 17.0 Å². The summed E-state index contributed by atoms with van der Waals surface area (Å²) >= 11 is 0. The van der Waals surface area contributed by atoms with Crippen LogP contribution in [-0.2, 0) is 6.61 Å². The molecule has 0 saturated carbocycles. The van der Waals surface area contributed by atoms with Crippen LogP contribution in [-0.4, -0.2) is 45.2 Å². The molecule has 2 N–H and O–H groups in total. The van der Waals surface area contributed by atoms with Gasteiger partial charge in [0.25, 0.3) is 0 Å². The second-order valence-electron chi connectivity index (χ2n) is 7.25. The molecule has 2 aromatic carbocycles. The Kier molecular flexibility index (Phi) is 6.08. The van der Waals surface area contributed by atoms with Crippen LogP contribution in [0.15, 0.2) is 67.0 Å². The Balaban J connectivity index is 1.45. The average molecular weight is 404 g/mol. The number of aromatic nitrogens is 2. The Bertz CT molecular complexity index is 989. The first-order chi connectivity index (χ1) is 14.7. The summed E-state index contributed by atoms with van der Waals surface area (Å²) in [6.07, 6.45) is 2.19. The molecule has 1 saturated heterocycles. The molecule has 1 aromatic heterocycles. The molecule has 1 amide bonds. The molecule has 0 atom stereocenters. The van der Waals surface area contributed by atoms with Crippen LogP contribution in [0.3, 0.4) is 0 Å². The standard InChI is InChI=1S/C23H24N4O3/c28-23(29)27-12-10-18(11-13-27)26-22-14-20(24-16-25-22)19-8-4-5-9-21(19)30-15-17-6-2-1-3-7-17/h1-9,14,16,18H,10-13,15H2,(H,28,29)(H,24,25,26). The molecule has 7 nitrogen and oxygen atoms in total. The molecule has 0 radical (unpaired) electrons. The third-order valence-corrected chi connectivity index (χ3v) is 5.18. The predicted molar refractivity (Wildman–Crippen MR) is 114 cm³/mol. The fourth-order valence-electron chi connectivity index (χ4n) is 3.55. The largest absolute Gasteiger partial charge is 0.488 e. The van der Waals surface area contributed by atoms with E-state index in [2.05, 4.69) is 15.3 Å². The number of carboxylic acid groups (broad SMARTS) is 1. The van der Waals surface area contributed by atoms with Gasteiger partial charge in [-0.3, -0.25) is 0 Å². The van der Waals surface area contributed by atoms with Gasteiger partial charge in [-0.15, -0.1) is 0 Å². The minimum absolute atomic E-state index is 0.188. The number of benzene rings is 2. The fourth-order valence-corrected chi connectivity index (χ4v) is 3.55. The summed E-state index contributed by atoms with van der Waals surface area (Å²) < 4.78 is 6.06. The molecule has 7 heteroatoms. The molecule has 0 aliphatic carbocycles. The molecular formula is C23H24N4O3. The topological polar surface area (TPSA) is 87.6 Å². The first-order valence-electron chi connectivity index (χ1n) is 10.0. The summed E-state index contributed by atoms with van der Waals surface area (Å²) in [4.78, 5) is 21.3. The maximum absolute atomic E-state index is 11.1. The molecule has 0 spiro atoms. The predicted octanol–water partition coefficient (Wildman–Crippen LogP) is 4.28. The SMILES string of the molecule is O=C(O)N1CCC(Nc2cc(-c3ccccc3OCc3ccccc3)ncn2)CC1. The van der Waals surface area contributed by atoms with Crippen LogP contribution in [0.5, 0.6) is 5.75 Å². The Morgan fingerprint density at radius 3 is 2.57 bits per heavy atom. The van der Waals surface area contributed by atoms with E-state index in [1.54, 1.807) is 0 Å². The molecule has 30 heavy (non-hydrogen) atoms. The van der Waals surface area contributed by atoms with Crippen LogP contribution in [0, 0.1) is 0 Å². The number of rotatable bonds is 6. The monoisotopic (exact) mass is 404 g/mol. The van der Waals surface area contributed by atoms with E-state index in [-0.39, 0.29) is 6.04 Å². The average Bonchev–Trinajstić information content (AvgIpc) is 2.79. The number of amides is 1. The fraction of sp³-hybridized carbons (Fsp3) is 0.261. The van der Waals surface area contributed by atoms with Gasteiger partial charge in [0.1, 0.15) is 24.5 Å². The zero-order valence-corrected chi connectivity index (χ0v) is 16.6. The van der Waals surface area contributed by atoms with Crippen molar-refractivity contribution >= 4 is 11.9 Å². The summed E-state index contributed by atoms with van der Waals surface area (Å²) in [6, 6.07) is 20.0. The van der Waals surface area contributed by atoms with Gasteiger partial charge < -0.3 is 20.1 Å². The van der Waals surface area contributed by atoms with Crippen LogP contribution in [0.1, 0.15) is 18.4 Å². The summed E-state index contributed by atoms with van der Waals surface area (Å²) in [5, 5.41) is 12.5. The summed E-state index contributed by atoms with van der Waals surface area (Å²) in [5.74, 6) is 1.49. The van der Waals surface area contributed by atoms with Crippen molar-refractivity contribution in [2.24, 2.45) is 0 Å². The number of nitrogens with one attached hydrogen (secondary N) is 1. The molecular weight excluding hydrogens is 380 g/mol. The van der Waals surface area contributed by atoms with Crippen molar-refractivity contribution in [3.63, 3.8) is 0 Å². The smallest absolute Gasteiger partial charge is 0.407 e. The highest BCUT2D eigenvalue weighted by Crippen LogP contribution is 2.30. The van der Waals surface area contributed by atoms with Gasteiger partial charge in [-0.25, -0.2) is 14.8 Å². The lowest BCUT2D eigenvalue weighted by molar-refractivity contribution is 0.134. The summed E-state index contributed by atoms with van der Waals surface area (Å²) in [6.45, 7) is 1.54. The second-order valence-corrected chi connectivity index (χ2v) is 7.25. The highest BCUT2D eigenvalue weighted by molar-refractivity contribution is 5.69. The molecule has 1 fully saturated rings. The summed E-state index contributed by atoms with van der Waals surface area (Å²) in [7, 11) is 0. The quantitative estimate of drug-likeness (QED) is 0.638. The number of nitrogens with zero attached hydrogens (tertiary/aromatic N) is 3. The molecule has 0 bridgehead atoms. The number of ether oxygens (including phenoxy) is 1. The van der Waals surface area contributed by atoms with Crippen LogP contribution < -0.4 is 10.1 Å². The van der Waals surface area contributed by atoms with Crippen molar-refractivity contribution in [2.75, 3.05) is 18.4 Å². The molecule has 154 valence electrons. The van der Waals surface area contributed by atoms with Crippen molar-refractivity contribution in [1.29, 1.82) is 0 Å². The van der Waals surface area contributed by atoms with E-state index in [0.717, 1.165) is 41.2 Å². The third-order valence-electron chi connectivity index (χ3n) is 5.18. The lowest BCUT2D eigenvalue weighted by atomic mass is 10.1. The Hall–Kier alpha value is -3.61. The molecule has 1 aliphatic heterocycles. The number of anilines is 1. The Morgan fingerprint density at radius 1 is 1.07 bits per heavy atom. The van der Waals surface area contributed by atoms with Crippen molar-refractivity contribution in [2.45, 2.75) is 25.5 Å². The first-order valence-corrected chi connectivity index (χ1v) is 10.0. The van der Waals surface area contributed by atoms with Crippen LogP contribution in [0.2, 0.25) is 0 Å². The van der Waals surface area contributed by atoms with E-state index < -0.39 is 6.09 Å². The minimum atomic E-state index is -0.857. The maximum atomic E-state index is 11.1. The lowest BCUT2D eigenvalue weighted by Gasteiger charge is -2.30. The molecule has 0 unspecified atom stereocenters. The Morgan fingerprint density at radius 2 is 1.80 bits per heavy atom.